The Morgan fingerprint density at radius 1 is 1.35 bits per heavy atom. The van der Waals surface area contributed by atoms with Crippen LogP contribution in [-0.4, -0.2) is 25.9 Å². The zero-order chi connectivity index (χ0) is 12.9. The maximum absolute atomic E-state index is 12.3. The number of Topliss-reactive ketones (excluding diaryl/α,β-unsaturated/α-hetero) is 1. The first kappa shape index (κ1) is 13.8. The number of hydrogen-bond acceptors (Lipinski definition) is 2. The molecule has 1 atom stereocenters. The monoisotopic (exact) mass is 242 g/mol. The van der Waals surface area contributed by atoms with Gasteiger partial charge in [0, 0.05) is 18.9 Å². The molecule has 0 radical (unpaired) electrons. The van der Waals surface area contributed by atoms with Crippen LogP contribution in [0.1, 0.15) is 18.9 Å². The van der Waals surface area contributed by atoms with Gasteiger partial charge in [0.1, 0.15) is 0 Å². The van der Waals surface area contributed by atoms with Crippen LogP contribution in [0.5, 0.6) is 0 Å². The maximum atomic E-state index is 12.3. The molecule has 0 saturated heterocycles. The molecule has 0 aliphatic carbocycles. The zero-order valence-electron chi connectivity index (χ0n) is 9.95. The fraction of sp³-hybridized carbons (Fsp3) is 0.462. The Hall–Kier alpha value is -1.29. The molecule has 0 N–H and O–H groups in total. The van der Waals surface area contributed by atoms with Crippen LogP contribution >= 0.6 is 0 Å². The molecule has 0 heterocycles. The average Bonchev–Trinajstić information content (AvgIpc) is 2.30. The second-order valence-electron chi connectivity index (χ2n) is 4.30. The molecule has 0 aromatic heterocycles. The van der Waals surface area contributed by atoms with Gasteiger partial charge in [-0.15, -0.1) is 0 Å². The fourth-order valence-electron chi connectivity index (χ4n) is 1.86. The van der Waals surface area contributed by atoms with Crippen molar-refractivity contribution in [3.63, 3.8) is 0 Å². The molecule has 1 unspecified atom stereocenters. The van der Waals surface area contributed by atoms with Gasteiger partial charge in [0.25, 0.3) is 6.43 Å². The Morgan fingerprint density at radius 3 is 2.41 bits per heavy atom. The third-order valence-electron chi connectivity index (χ3n) is 2.74. The van der Waals surface area contributed by atoms with Crippen LogP contribution in [0.25, 0.3) is 0 Å². The Balaban J connectivity index is 2.93. The van der Waals surface area contributed by atoms with E-state index < -0.39 is 17.6 Å². The number of alkyl halides is 2. The molecule has 1 rings (SSSR count). The molecule has 0 bridgehead atoms. The number of benzene rings is 1. The molecule has 1 aromatic rings. The van der Waals surface area contributed by atoms with Gasteiger partial charge < -0.3 is 4.74 Å². The SMILES string of the molecule is COCC(C)(CC(=O)C(F)F)c1ccccc1. The van der Waals surface area contributed by atoms with Gasteiger partial charge in [-0.1, -0.05) is 37.3 Å². The standard InChI is InChI=1S/C13H16F2O2/c1-13(9-17-2,8-11(16)12(14)15)10-6-4-3-5-7-10/h3-7,12H,8-9H2,1-2H3. The van der Waals surface area contributed by atoms with E-state index >= 15 is 0 Å². The summed E-state index contributed by atoms with van der Waals surface area (Å²) in [5.74, 6) is -1.05. The van der Waals surface area contributed by atoms with Crippen molar-refractivity contribution in [1.82, 2.24) is 0 Å². The van der Waals surface area contributed by atoms with Crippen LogP contribution in [0, 0.1) is 0 Å². The lowest BCUT2D eigenvalue weighted by Gasteiger charge is -2.28. The first-order chi connectivity index (χ1) is 7.99. The van der Waals surface area contributed by atoms with Crippen molar-refractivity contribution in [3.05, 3.63) is 35.9 Å². The van der Waals surface area contributed by atoms with Crippen molar-refractivity contribution in [2.75, 3.05) is 13.7 Å². The summed E-state index contributed by atoms with van der Waals surface area (Å²) in [4.78, 5) is 11.2. The topological polar surface area (TPSA) is 26.3 Å². The summed E-state index contributed by atoms with van der Waals surface area (Å²) in [6, 6.07) is 9.10. The van der Waals surface area contributed by atoms with Crippen molar-refractivity contribution in [1.29, 1.82) is 0 Å². The number of rotatable bonds is 6. The summed E-state index contributed by atoms with van der Waals surface area (Å²) in [5, 5.41) is 0. The molecule has 0 saturated carbocycles. The molecule has 4 heteroatoms. The van der Waals surface area contributed by atoms with Crippen LogP contribution in [0.4, 0.5) is 8.78 Å². The fourth-order valence-corrected chi connectivity index (χ4v) is 1.86. The van der Waals surface area contributed by atoms with Crippen molar-refractivity contribution in [3.8, 4) is 0 Å². The summed E-state index contributed by atoms with van der Waals surface area (Å²) in [7, 11) is 1.49. The van der Waals surface area contributed by atoms with Crippen LogP contribution < -0.4 is 0 Å². The van der Waals surface area contributed by atoms with Gasteiger partial charge in [-0.05, 0) is 5.56 Å². The summed E-state index contributed by atoms with van der Waals surface area (Å²) in [5.41, 5.74) is 0.125. The van der Waals surface area contributed by atoms with Crippen LogP contribution in [-0.2, 0) is 14.9 Å². The third kappa shape index (κ3) is 3.60. The summed E-state index contributed by atoms with van der Waals surface area (Å²) < 4.78 is 29.7. The largest absolute Gasteiger partial charge is 0.384 e. The van der Waals surface area contributed by atoms with Crippen molar-refractivity contribution >= 4 is 5.78 Å². The van der Waals surface area contributed by atoms with E-state index in [1.165, 1.54) is 7.11 Å². The Labute approximate surface area is 99.6 Å². The van der Waals surface area contributed by atoms with Gasteiger partial charge >= 0.3 is 0 Å². The van der Waals surface area contributed by atoms with E-state index in [0.29, 0.717) is 0 Å². The zero-order valence-corrected chi connectivity index (χ0v) is 9.95. The predicted octanol–water partition coefficient (Wildman–Crippen LogP) is 2.82. The number of methoxy groups -OCH3 is 1. The van der Waals surface area contributed by atoms with Crippen LogP contribution in [0.3, 0.4) is 0 Å². The van der Waals surface area contributed by atoms with Gasteiger partial charge in [0.2, 0.25) is 0 Å². The van der Waals surface area contributed by atoms with E-state index in [2.05, 4.69) is 0 Å². The van der Waals surface area contributed by atoms with Gasteiger partial charge in [-0.3, -0.25) is 4.79 Å². The predicted molar refractivity (Wildman–Crippen MR) is 61.3 cm³/mol. The van der Waals surface area contributed by atoms with Crippen molar-refractivity contribution in [2.24, 2.45) is 0 Å². The molecular weight excluding hydrogens is 226 g/mol. The highest BCUT2D eigenvalue weighted by Gasteiger charge is 2.32. The van der Waals surface area contributed by atoms with E-state index in [1.807, 2.05) is 30.3 Å². The second kappa shape index (κ2) is 5.87. The van der Waals surface area contributed by atoms with E-state index in [0.717, 1.165) is 5.56 Å². The number of carbonyl (C=O) groups is 1. The number of hydrogen-bond donors (Lipinski definition) is 0. The van der Waals surface area contributed by atoms with Crippen molar-refractivity contribution in [2.45, 2.75) is 25.2 Å². The minimum Gasteiger partial charge on any atom is -0.384 e. The van der Waals surface area contributed by atoms with Gasteiger partial charge in [0.05, 0.1) is 6.61 Å². The number of ketones is 1. The molecule has 0 aliphatic heterocycles. The summed E-state index contributed by atoms with van der Waals surface area (Å²) >= 11 is 0. The Bertz CT molecular complexity index is 365. The third-order valence-corrected chi connectivity index (χ3v) is 2.74. The highest BCUT2D eigenvalue weighted by atomic mass is 19.3. The Morgan fingerprint density at radius 2 is 1.94 bits per heavy atom. The lowest BCUT2D eigenvalue weighted by molar-refractivity contribution is -0.131. The highest BCUT2D eigenvalue weighted by molar-refractivity contribution is 5.82. The van der Waals surface area contributed by atoms with E-state index in [1.54, 1.807) is 6.92 Å². The van der Waals surface area contributed by atoms with Gasteiger partial charge in [-0.25, -0.2) is 8.78 Å². The molecule has 0 amide bonds. The lowest BCUT2D eigenvalue weighted by Crippen LogP contribution is -2.32. The van der Waals surface area contributed by atoms with Crippen LogP contribution in [0.15, 0.2) is 30.3 Å². The second-order valence-corrected chi connectivity index (χ2v) is 4.30. The summed E-state index contributed by atoms with van der Waals surface area (Å²) in [6.07, 6.45) is -3.14. The Kier molecular flexibility index (Phi) is 4.75. The minimum absolute atomic E-state index is 0.220. The van der Waals surface area contributed by atoms with Crippen LogP contribution in [0.2, 0.25) is 0 Å². The quantitative estimate of drug-likeness (QED) is 0.766. The number of carbonyl (C=O) groups excluding carboxylic acids is 1. The first-order valence-electron chi connectivity index (χ1n) is 5.35. The van der Waals surface area contributed by atoms with E-state index in [4.69, 9.17) is 4.74 Å². The molecule has 2 nitrogen and oxygen atoms in total. The van der Waals surface area contributed by atoms with Crippen molar-refractivity contribution < 1.29 is 18.3 Å². The highest BCUT2D eigenvalue weighted by Crippen LogP contribution is 2.29. The van der Waals surface area contributed by atoms with Gasteiger partial charge in [0.15, 0.2) is 5.78 Å². The molecule has 0 fully saturated rings. The summed E-state index contributed by atoms with van der Waals surface area (Å²) in [6.45, 7) is 1.99. The molecule has 94 valence electrons. The maximum Gasteiger partial charge on any atom is 0.296 e. The smallest absolute Gasteiger partial charge is 0.296 e. The number of ether oxygens (including phenoxy) is 1. The van der Waals surface area contributed by atoms with E-state index in [-0.39, 0.29) is 13.0 Å². The minimum atomic E-state index is -2.92. The average molecular weight is 242 g/mol. The normalized spacial score (nSPS) is 14.6. The molecule has 0 aliphatic rings. The van der Waals surface area contributed by atoms with Gasteiger partial charge in [-0.2, -0.15) is 0 Å². The lowest BCUT2D eigenvalue weighted by atomic mass is 9.79. The first-order valence-corrected chi connectivity index (χ1v) is 5.35. The molecule has 17 heavy (non-hydrogen) atoms. The van der Waals surface area contributed by atoms with E-state index in [9.17, 15) is 13.6 Å². The molecule has 0 spiro atoms. The molecular formula is C13H16F2O2. The molecule has 1 aromatic carbocycles. The number of halogens is 2.